The van der Waals surface area contributed by atoms with E-state index in [1.54, 1.807) is 0 Å². The van der Waals surface area contributed by atoms with E-state index in [1.165, 1.54) is 24.2 Å². The lowest BCUT2D eigenvalue weighted by Gasteiger charge is -2.17. The molecule has 1 aromatic rings. The first kappa shape index (κ1) is 15.8. The van der Waals surface area contributed by atoms with Gasteiger partial charge in [0.1, 0.15) is 0 Å². The molecule has 1 aliphatic rings. The van der Waals surface area contributed by atoms with Gasteiger partial charge in [-0.15, -0.1) is 0 Å². The first-order valence-corrected chi connectivity index (χ1v) is 6.83. The van der Waals surface area contributed by atoms with E-state index in [2.05, 4.69) is 55.4 Å². The molecule has 1 aromatic carbocycles. The van der Waals surface area contributed by atoms with Gasteiger partial charge in [-0.25, -0.2) is 0 Å². The number of nitrogens with zero attached hydrogens (tertiary/aromatic N) is 1. The molecule has 0 amide bonds. The third-order valence-corrected chi connectivity index (χ3v) is 2.30. The molecule has 0 unspecified atom stereocenters. The lowest BCUT2D eigenvalue weighted by molar-refractivity contribution is 0.837. The Hall–Kier alpha value is -1.18. The summed E-state index contributed by atoms with van der Waals surface area (Å²) in [6.07, 6.45) is 2.46. The third-order valence-electron chi connectivity index (χ3n) is 2.30. The minimum atomic E-state index is 1.08. The summed E-state index contributed by atoms with van der Waals surface area (Å²) in [4.78, 5) is 2.30. The molecule has 2 heteroatoms. The summed E-state index contributed by atoms with van der Waals surface area (Å²) in [5.74, 6) is 0. The van der Waals surface area contributed by atoms with Crippen LogP contribution in [-0.2, 0) is 0 Å². The largest absolute Gasteiger partial charge is 0.383 e. The first-order chi connectivity index (χ1) is 8.29. The van der Waals surface area contributed by atoms with Crippen molar-refractivity contribution in [3.05, 3.63) is 24.3 Å². The van der Waals surface area contributed by atoms with E-state index in [-0.39, 0.29) is 0 Å². The molecule has 0 bridgehead atoms. The molecule has 0 saturated carbocycles. The molecule has 0 fully saturated rings. The van der Waals surface area contributed by atoms with Crippen LogP contribution in [0.2, 0.25) is 0 Å². The number of anilines is 2. The summed E-state index contributed by atoms with van der Waals surface area (Å²) in [5.41, 5.74) is 2.58. The van der Waals surface area contributed by atoms with Crippen LogP contribution in [0.1, 0.15) is 40.5 Å². The fourth-order valence-corrected chi connectivity index (χ4v) is 1.62. The molecule has 2 nitrogen and oxygen atoms in total. The molecular formula is C15H28N2. The SMILES string of the molecule is CC.CCC.CN1CCCNc2ccccc21. The zero-order valence-electron chi connectivity index (χ0n) is 12.1. The van der Waals surface area contributed by atoms with E-state index < -0.39 is 0 Å². The number of rotatable bonds is 0. The average molecular weight is 236 g/mol. The number of fused-ring (bicyclic) bond motifs is 1. The molecule has 17 heavy (non-hydrogen) atoms. The molecule has 0 saturated heterocycles. The van der Waals surface area contributed by atoms with Crippen molar-refractivity contribution in [2.75, 3.05) is 30.4 Å². The smallest absolute Gasteiger partial charge is 0.0599 e. The van der Waals surface area contributed by atoms with E-state index >= 15 is 0 Å². The number of nitrogens with one attached hydrogen (secondary N) is 1. The maximum Gasteiger partial charge on any atom is 0.0599 e. The summed E-state index contributed by atoms with van der Waals surface area (Å²) < 4.78 is 0. The van der Waals surface area contributed by atoms with Crippen molar-refractivity contribution in [1.82, 2.24) is 0 Å². The highest BCUT2D eigenvalue weighted by Crippen LogP contribution is 2.26. The second-order valence-electron chi connectivity index (χ2n) is 3.93. The van der Waals surface area contributed by atoms with Gasteiger partial charge in [0.2, 0.25) is 0 Å². The predicted octanol–water partition coefficient (Wildman–Crippen LogP) is 4.38. The van der Waals surface area contributed by atoms with Crippen molar-refractivity contribution in [3.63, 3.8) is 0 Å². The molecule has 0 aliphatic carbocycles. The van der Waals surface area contributed by atoms with E-state index in [0.29, 0.717) is 0 Å². The fourth-order valence-electron chi connectivity index (χ4n) is 1.62. The van der Waals surface area contributed by atoms with Gasteiger partial charge in [-0.1, -0.05) is 46.2 Å². The van der Waals surface area contributed by atoms with Crippen LogP contribution in [-0.4, -0.2) is 20.1 Å². The Morgan fingerprint density at radius 3 is 2.41 bits per heavy atom. The van der Waals surface area contributed by atoms with E-state index in [4.69, 9.17) is 0 Å². The lowest BCUT2D eigenvalue weighted by Crippen LogP contribution is -2.17. The molecule has 2 rings (SSSR count). The predicted molar refractivity (Wildman–Crippen MR) is 80.1 cm³/mol. The van der Waals surface area contributed by atoms with Gasteiger partial charge < -0.3 is 10.2 Å². The second-order valence-corrected chi connectivity index (χ2v) is 3.93. The Balaban J connectivity index is 0.000000450. The van der Waals surface area contributed by atoms with Crippen LogP contribution in [0.5, 0.6) is 0 Å². The highest BCUT2D eigenvalue weighted by molar-refractivity contribution is 5.70. The molecule has 1 heterocycles. The van der Waals surface area contributed by atoms with Crippen molar-refractivity contribution in [2.24, 2.45) is 0 Å². The van der Waals surface area contributed by atoms with Crippen molar-refractivity contribution >= 4 is 11.4 Å². The first-order valence-electron chi connectivity index (χ1n) is 6.83. The zero-order valence-corrected chi connectivity index (χ0v) is 12.1. The molecule has 0 aromatic heterocycles. The highest BCUT2D eigenvalue weighted by atomic mass is 15.1. The summed E-state index contributed by atoms with van der Waals surface area (Å²) in [6.45, 7) is 10.5. The van der Waals surface area contributed by atoms with E-state index in [9.17, 15) is 0 Å². The Labute approximate surface area is 107 Å². The molecule has 0 atom stereocenters. The summed E-state index contributed by atoms with van der Waals surface area (Å²) >= 11 is 0. The van der Waals surface area contributed by atoms with Crippen molar-refractivity contribution in [1.29, 1.82) is 0 Å². The lowest BCUT2D eigenvalue weighted by atomic mass is 10.2. The Morgan fingerprint density at radius 2 is 1.76 bits per heavy atom. The maximum atomic E-state index is 3.41. The van der Waals surface area contributed by atoms with Gasteiger partial charge in [0.05, 0.1) is 11.4 Å². The van der Waals surface area contributed by atoms with Crippen LogP contribution < -0.4 is 10.2 Å². The normalized spacial score (nSPS) is 12.9. The van der Waals surface area contributed by atoms with Crippen LogP contribution in [0.4, 0.5) is 11.4 Å². The molecule has 98 valence electrons. The van der Waals surface area contributed by atoms with Crippen LogP contribution in [0.15, 0.2) is 24.3 Å². The molecule has 1 aliphatic heterocycles. The van der Waals surface area contributed by atoms with Crippen molar-refractivity contribution in [3.8, 4) is 0 Å². The van der Waals surface area contributed by atoms with Gasteiger partial charge in [-0.2, -0.15) is 0 Å². The number of para-hydroxylation sites is 2. The topological polar surface area (TPSA) is 15.3 Å². The fraction of sp³-hybridized carbons (Fsp3) is 0.600. The van der Waals surface area contributed by atoms with Gasteiger partial charge in [-0.05, 0) is 18.6 Å². The molecular weight excluding hydrogens is 208 g/mol. The summed E-state index contributed by atoms with van der Waals surface area (Å²) in [5, 5.41) is 3.41. The highest BCUT2D eigenvalue weighted by Gasteiger charge is 2.09. The molecule has 0 radical (unpaired) electrons. The van der Waals surface area contributed by atoms with Gasteiger partial charge >= 0.3 is 0 Å². The standard InChI is InChI=1S/C10H14N2.C3H8.C2H6/c1-12-8-4-7-11-9-5-2-3-6-10(9)12;1-3-2;1-2/h2-3,5-6,11H,4,7-8H2,1H3;3H2,1-2H3;1-2H3. The zero-order chi connectivity index (χ0) is 13.1. The van der Waals surface area contributed by atoms with Gasteiger partial charge in [0, 0.05) is 20.1 Å². The third kappa shape index (κ3) is 5.62. The van der Waals surface area contributed by atoms with Crippen molar-refractivity contribution < 1.29 is 0 Å². The summed E-state index contributed by atoms with van der Waals surface area (Å²) in [7, 11) is 2.14. The number of hydrogen-bond donors (Lipinski definition) is 1. The van der Waals surface area contributed by atoms with Gasteiger partial charge in [-0.3, -0.25) is 0 Å². The Kier molecular flexibility index (Phi) is 9.31. The minimum absolute atomic E-state index is 1.08. The molecule has 1 N–H and O–H groups in total. The van der Waals surface area contributed by atoms with Gasteiger partial charge in [0.15, 0.2) is 0 Å². The Morgan fingerprint density at radius 1 is 1.18 bits per heavy atom. The van der Waals surface area contributed by atoms with Crippen LogP contribution in [0.3, 0.4) is 0 Å². The molecule has 0 spiro atoms. The van der Waals surface area contributed by atoms with Crippen LogP contribution >= 0.6 is 0 Å². The van der Waals surface area contributed by atoms with Crippen molar-refractivity contribution in [2.45, 2.75) is 40.5 Å². The van der Waals surface area contributed by atoms with E-state index in [1.807, 2.05) is 13.8 Å². The van der Waals surface area contributed by atoms with Crippen LogP contribution in [0, 0.1) is 0 Å². The maximum absolute atomic E-state index is 3.41. The van der Waals surface area contributed by atoms with Gasteiger partial charge in [0.25, 0.3) is 0 Å². The Bertz CT molecular complexity index is 284. The van der Waals surface area contributed by atoms with E-state index in [0.717, 1.165) is 13.1 Å². The average Bonchev–Trinajstić information content (AvgIpc) is 2.56. The number of hydrogen-bond acceptors (Lipinski definition) is 2. The number of benzene rings is 1. The summed E-state index contributed by atoms with van der Waals surface area (Å²) in [6, 6.07) is 8.46. The monoisotopic (exact) mass is 236 g/mol. The minimum Gasteiger partial charge on any atom is -0.383 e. The quantitative estimate of drug-likeness (QED) is 0.719. The second kappa shape index (κ2) is 10.0. The van der Waals surface area contributed by atoms with Crippen LogP contribution in [0.25, 0.3) is 0 Å².